The lowest BCUT2D eigenvalue weighted by molar-refractivity contribution is -0.123. The van der Waals surface area contributed by atoms with Crippen LogP contribution < -0.4 is 15.4 Å². The maximum atomic E-state index is 11.7. The summed E-state index contributed by atoms with van der Waals surface area (Å²) >= 11 is 0. The largest absolute Gasteiger partial charge is 0.482 e. The molecule has 0 saturated heterocycles. The second kappa shape index (κ2) is 4.57. The van der Waals surface area contributed by atoms with Crippen LogP contribution in [-0.2, 0) is 9.59 Å². The van der Waals surface area contributed by atoms with Gasteiger partial charge in [-0.1, -0.05) is 6.07 Å². The Morgan fingerprint density at radius 3 is 3.00 bits per heavy atom. The molecular weight excluding hydrogens is 244 g/mol. The molecule has 0 aromatic heterocycles. The average Bonchev–Trinajstić information content (AvgIpc) is 3.22. The van der Waals surface area contributed by atoms with E-state index in [-0.39, 0.29) is 30.4 Å². The van der Waals surface area contributed by atoms with E-state index in [0.29, 0.717) is 11.4 Å². The fourth-order valence-electron chi connectivity index (χ4n) is 2.13. The molecule has 0 radical (unpaired) electrons. The second-order valence-electron chi connectivity index (χ2n) is 5.10. The molecule has 100 valence electrons. The lowest BCUT2D eigenvalue weighted by Crippen LogP contribution is -2.28. The van der Waals surface area contributed by atoms with Gasteiger partial charge in [0.1, 0.15) is 5.75 Å². The first-order chi connectivity index (χ1) is 9.13. The van der Waals surface area contributed by atoms with E-state index in [1.165, 1.54) is 0 Å². The molecule has 5 nitrogen and oxygen atoms in total. The highest BCUT2D eigenvalue weighted by molar-refractivity contribution is 5.95. The van der Waals surface area contributed by atoms with Crippen LogP contribution in [0.3, 0.4) is 0 Å². The molecule has 2 aliphatic rings. The number of carbonyl (C=O) groups excluding carboxylic acids is 2. The smallest absolute Gasteiger partial charge is 0.262 e. The minimum atomic E-state index is -0.153. The molecule has 1 saturated carbocycles. The van der Waals surface area contributed by atoms with Crippen molar-refractivity contribution in [3.05, 3.63) is 23.8 Å². The van der Waals surface area contributed by atoms with Crippen LogP contribution in [-0.4, -0.2) is 18.4 Å². The van der Waals surface area contributed by atoms with Gasteiger partial charge >= 0.3 is 0 Å². The number of benzene rings is 1. The van der Waals surface area contributed by atoms with Gasteiger partial charge in [-0.25, -0.2) is 0 Å². The number of amides is 2. The van der Waals surface area contributed by atoms with E-state index < -0.39 is 0 Å². The Labute approximate surface area is 111 Å². The Morgan fingerprint density at radius 2 is 2.26 bits per heavy atom. The van der Waals surface area contributed by atoms with Crippen molar-refractivity contribution in [3.63, 3.8) is 0 Å². The molecule has 1 aliphatic carbocycles. The SMILES string of the molecule is CC(NC(=O)C1CC1)c1ccc2c(c1)NC(=O)CO2. The molecule has 3 rings (SSSR count). The summed E-state index contributed by atoms with van der Waals surface area (Å²) in [5.41, 5.74) is 1.62. The van der Waals surface area contributed by atoms with Crippen LogP contribution in [0.15, 0.2) is 18.2 Å². The van der Waals surface area contributed by atoms with Crippen LogP contribution in [0, 0.1) is 5.92 Å². The minimum Gasteiger partial charge on any atom is -0.482 e. The standard InChI is InChI=1S/C14H16N2O3/c1-8(15-14(18)9-2-3-9)10-4-5-12-11(6-10)16-13(17)7-19-12/h4-6,8-9H,2-3,7H2,1H3,(H,15,18)(H,16,17). The Morgan fingerprint density at radius 1 is 1.47 bits per heavy atom. The maximum Gasteiger partial charge on any atom is 0.262 e. The third kappa shape index (κ3) is 2.54. The lowest BCUT2D eigenvalue weighted by Gasteiger charge is -2.21. The molecule has 1 atom stereocenters. The Balaban J connectivity index is 1.75. The summed E-state index contributed by atoms with van der Waals surface area (Å²) in [5, 5.41) is 5.75. The van der Waals surface area contributed by atoms with E-state index >= 15 is 0 Å². The average molecular weight is 260 g/mol. The van der Waals surface area contributed by atoms with Gasteiger partial charge < -0.3 is 15.4 Å². The molecule has 1 aromatic rings. The first-order valence-electron chi connectivity index (χ1n) is 6.50. The molecule has 1 aliphatic heterocycles. The van der Waals surface area contributed by atoms with Crippen LogP contribution in [0.25, 0.3) is 0 Å². The number of anilines is 1. The summed E-state index contributed by atoms with van der Waals surface area (Å²) in [6, 6.07) is 5.51. The lowest BCUT2D eigenvalue weighted by atomic mass is 10.1. The molecule has 1 aromatic carbocycles. The molecule has 2 amide bonds. The monoisotopic (exact) mass is 260 g/mol. The molecule has 2 N–H and O–H groups in total. The molecule has 0 bridgehead atoms. The number of hydrogen-bond donors (Lipinski definition) is 2. The molecular formula is C14H16N2O3. The Kier molecular flexibility index (Phi) is 2.89. The predicted octanol–water partition coefficient (Wildman–Crippen LogP) is 1.60. The highest BCUT2D eigenvalue weighted by Gasteiger charge is 2.30. The predicted molar refractivity (Wildman–Crippen MR) is 69.8 cm³/mol. The van der Waals surface area contributed by atoms with Gasteiger partial charge in [0.15, 0.2) is 6.61 Å². The number of carbonyl (C=O) groups is 2. The molecule has 1 unspecified atom stereocenters. The number of fused-ring (bicyclic) bond motifs is 1. The van der Waals surface area contributed by atoms with Gasteiger partial charge in [0.2, 0.25) is 5.91 Å². The topological polar surface area (TPSA) is 67.4 Å². The minimum absolute atomic E-state index is 0.0559. The number of rotatable bonds is 3. The summed E-state index contributed by atoms with van der Waals surface area (Å²) in [5.74, 6) is 0.831. The van der Waals surface area contributed by atoms with Crippen molar-refractivity contribution in [1.29, 1.82) is 0 Å². The van der Waals surface area contributed by atoms with Gasteiger partial charge in [-0.2, -0.15) is 0 Å². The summed E-state index contributed by atoms with van der Waals surface area (Å²) in [6.45, 7) is 1.99. The van der Waals surface area contributed by atoms with Gasteiger partial charge in [-0.3, -0.25) is 9.59 Å². The van der Waals surface area contributed by atoms with E-state index in [0.717, 1.165) is 18.4 Å². The van der Waals surface area contributed by atoms with Crippen LogP contribution in [0.1, 0.15) is 31.4 Å². The van der Waals surface area contributed by atoms with E-state index in [2.05, 4.69) is 10.6 Å². The number of hydrogen-bond acceptors (Lipinski definition) is 3. The zero-order valence-electron chi connectivity index (χ0n) is 10.7. The van der Waals surface area contributed by atoms with Crippen LogP contribution in [0.5, 0.6) is 5.75 Å². The van der Waals surface area contributed by atoms with Crippen LogP contribution in [0.2, 0.25) is 0 Å². The van der Waals surface area contributed by atoms with Crippen molar-refractivity contribution in [2.45, 2.75) is 25.8 Å². The van der Waals surface area contributed by atoms with Gasteiger partial charge in [0, 0.05) is 5.92 Å². The first kappa shape index (κ1) is 12.0. The quantitative estimate of drug-likeness (QED) is 0.867. The molecule has 5 heteroatoms. The van der Waals surface area contributed by atoms with Gasteiger partial charge in [0.05, 0.1) is 11.7 Å². The van der Waals surface area contributed by atoms with E-state index in [1.807, 2.05) is 25.1 Å². The highest BCUT2D eigenvalue weighted by atomic mass is 16.5. The Hall–Kier alpha value is -2.04. The zero-order chi connectivity index (χ0) is 13.4. The third-order valence-corrected chi connectivity index (χ3v) is 3.44. The van der Waals surface area contributed by atoms with E-state index in [1.54, 1.807) is 0 Å². The van der Waals surface area contributed by atoms with Crippen molar-refractivity contribution in [2.24, 2.45) is 5.92 Å². The molecule has 19 heavy (non-hydrogen) atoms. The fourth-order valence-corrected chi connectivity index (χ4v) is 2.13. The summed E-state index contributed by atoms with van der Waals surface area (Å²) < 4.78 is 5.30. The molecule has 1 heterocycles. The first-order valence-corrected chi connectivity index (χ1v) is 6.50. The summed E-state index contributed by atoms with van der Waals surface area (Å²) in [7, 11) is 0. The van der Waals surface area contributed by atoms with Crippen molar-refractivity contribution in [3.8, 4) is 5.75 Å². The van der Waals surface area contributed by atoms with Gasteiger partial charge in [-0.15, -0.1) is 0 Å². The van der Waals surface area contributed by atoms with Crippen LogP contribution in [0.4, 0.5) is 5.69 Å². The van der Waals surface area contributed by atoms with Crippen LogP contribution >= 0.6 is 0 Å². The normalized spacial score (nSPS) is 18.9. The van der Waals surface area contributed by atoms with Gasteiger partial charge in [0.25, 0.3) is 5.91 Å². The summed E-state index contributed by atoms with van der Waals surface area (Å²) in [4.78, 5) is 23.0. The summed E-state index contributed by atoms with van der Waals surface area (Å²) in [6.07, 6.45) is 1.99. The Bertz CT molecular complexity index is 537. The number of nitrogens with one attached hydrogen (secondary N) is 2. The third-order valence-electron chi connectivity index (χ3n) is 3.44. The van der Waals surface area contributed by atoms with E-state index in [9.17, 15) is 9.59 Å². The highest BCUT2D eigenvalue weighted by Crippen LogP contribution is 2.32. The zero-order valence-corrected chi connectivity index (χ0v) is 10.7. The van der Waals surface area contributed by atoms with Crippen molar-refractivity contribution in [2.75, 3.05) is 11.9 Å². The van der Waals surface area contributed by atoms with Crippen molar-refractivity contribution >= 4 is 17.5 Å². The molecule has 0 spiro atoms. The maximum absolute atomic E-state index is 11.7. The van der Waals surface area contributed by atoms with E-state index in [4.69, 9.17) is 4.74 Å². The van der Waals surface area contributed by atoms with Gasteiger partial charge in [-0.05, 0) is 37.5 Å². The molecule has 1 fully saturated rings. The number of ether oxygens (including phenoxy) is 1. The fraction of sp³-hybridized carbons (Fsp3) is 0.429. The second-order valence-corrected chi connectivity index (χ2v) is 5.10. The van der Waals surface area contributed by atoms with Crippen molar-refractivity contribution in [1.82, 2.24) is 5.32 Å². The van der Waals surface area contributed by atoms with Crippen molar-refractivity contribution < 1.29 is 14.3 Å².